The molecule has 106 valence electrons. The van der Waals surface area contributed by atoms with Crippen LogP contribution in [0.2, 0.25) is 0 Å². The van der Waals surface area contributed by atoms with E-state index in [-0.39, 0.29) is 0 Å². The van der Waals surface area contributed by atoms with Crippen LogP contribution in [0.4, 0.5) is 0 Å². The lowest BCUT2D eigenvalue weighted by Gasteiger charge is -2.18. The molecule has 1 aliphatic carbocycles. The lowest BCUT2D eigenvalue weighted by atomic mass is 10.00. The Morgan fingerprint density at radius 3 is 2.47 bits per heavy atom. The molecule has 1 aliphatic rings. The Kier molecular flexibility index (Phi) is 5.04. The molecule has 0 bridgehead atoms. The van der Waals surface area contributed by atoms with Crippen molar-refractivity contribution in [1.82, 2.24) is 5.32 Å². The van der Waals surface area contributed by atoms with Gasteiger partial charge < -0.3 is 5.32 Å². The number of nitrogens with one attached hydrogen (secondary N) is 1. The van der Waals surface area contributed by atoms with Gasteiger partial charge in [-0.05, 0) is 68.2 Å². The largest absolute Gasteiger partial charge is 0.310 e. The van der Waals surface area contributed by atoms with Gasteiger partial charge in [0.25, 0.3) is 0 Å². The lowest BCUT2D eigenvalue weighted by Crippen LogP contribution is -2.28. The van der Waals surface area contributed by atoms with Crippen LogP contribution in [0.25, 0.3) is 0 Å². The van der Waals surface area contributed by atoms with Crippen LogP contribution in [-0.2, 0) is 6.54 Å². The molecule has 0 radical (unpaired) electrons. The van der Waals surface area contributed by atoms with Gasteiger partial charge in [0.15, 0.2) is 0 Å². The van der Waals surface area contributed by atoms with Gasteiger partial charge in [-0.2, -0.15) is 0 Å². The molecule has 1 aromatic carbocycles. The fourth-order valence-corrected chi connectivity index (χ4v) is 3.16. The second kappa shape index (κ2) is 6.56. The van der Waals surface area contributed by atoms with Gasteiger partial charge in [0.05, 0.1) is 0 Å². The van der Waals surface area contributed by atoms with Gasteiger partial charge in [-0.1, -0.05) is 31.9 Å². The van der Waals surface area contributed by atoms with Crippen LogP contribution < -0.4 is 5.32 Å². The molecule has 0 aromatic heterocycles. The van der Waals surface area contributed by atoms with Crippen molar-refractivity contribution in [3.63, 3.8) is 0 Å². The molecule has 0 amide bonds. The number of hydrogen-bond donors (Lipinski definition) is 1. The Morgan fingerprint density at radius 2 is 1.68 bits per heavy atom. The Labute approximate surface area is 118 Å². The van der Waals surface area contributed by atoms with Crippen LogP contribution in [0.3, 0.4) is 0 Å². The molecule has 1 N–H and O–H groups in total. The third-order valence-electron chi connectivity index (χ3n) is 4.79. The SMILES string of the molecule is Cc1cc(C)c(CNC2CCCC(C)CC2)cc1C. The summed E-state index contributed by atoms with van der Waals surface area (Å²) in [5.41, 5.74) is 5.72. The quantitative estimate of drug-likeness (QED) is 0.778. The van der Waals surface area contributed by atoms with Gasteiger partial charge in [0.1, 0.15) is 0 Å². The van der Waals surface area contributed by atoms with Gasteiger partial charge in [0, 0.05) is 12.6 Å². The van der Waals surface area contributed by atoms with Crippen LogP contribution in [-0.4, -0.2) is 6.04 Å². The first kappa shape index (κ1) is 14.6. The third-order valence-corrected chi connectivity index (χ3v) is 4.79. The standard InChI is InChI=1S/C18H29N/c1-13-6-5-7-18(9-8-13)19-12-17-11-15(3)14(2)10-16(17)4/h10-11,13,18-19H,5-9,12H2,1-4H3. The summed E-state index contributed by atoms with van der Waals surface area (Å²) >= 11 is 0. The van der Waals surface area contributed by atoms with Gasteiger partial charge in [-0.15, -0.1) is 0 Å². The maximum atomic E-state index is 3.79. The van der Waals surface area contributed by atoms with Crippen molar-refractivity contribution >= 4 is 0 Å². The molecule has 0 heterocycles. The van der Waals surface area contributed by atoms with E-state index in [9.17, 15) is 0 Å². The van der Waals surface area contributed by atoms with Gasteiger partial charge in [-0.25, -0.2) is 0 Å². The van der Waals surface area contributed by atoms with E-state index in [1.54, 1.807) is 0 Å². The minimum atomic E-state index is 0.728. The first-order valence-electron chi connectivity index (χ1n) is 7.86. The molecule has 2 rings (SSSR count). The van der Waals surface area contributed by atoms with Crippen molar-refractivity contribution in [2.45, 2.75) is 72.4 Å². The van der Waals surface area contributed by atoms with E-state index < -0.39 is 0 Å². The Bertz CT molecular complexity index is 422. The molecule has 19 heavy (non-hydrogen) atoms. The molecular formula is C18H29N. The first-order valence-corrected chi connectivity index (χ1v) is 7.86. The van der Waals surface area contributed by atoms with Crippen LogP contribution in [0.5, 0.6) is 0 Å². The van der Waals surface area contributed by atoms with Crippen molar-refractivity contribution in [1.29, 1.82) is 0 Å². The highest BCUT2D eigenvalue weighted by molar-refractivity contribution is 5.36. The lowest BCUT2D eigenvalue weighted by molar-refractivity contribution is 0.447. The Balaban J connectivity index is 1.93. The van der Waals surface area contributed by atoms with Crippen molar-refractivity contribution in [2.75, 3.05) is 0 Å². The van der Waals surface area contributed by atoms with Gasteiger partial charge >= 0.3 is 0 Å². The molecule has 0 spiro atoms. The van der Waals surface area contributed by atoms with E-state index in [0.717, 1.165) is 18.5 Å². The number of rotatable bonds is 3. The molecule has 2 unspecified atom stereocenters. The number of hydrogen-bond acceptors (Lipinski definition) is 1. The first-order chi connectivity index (χ1) is 9.06. The number of aryl methyl sites for hydroxylation is 3. The molecule has 0 saturated heterocycles. The van der Waals surface area contributed by atoms with Crippen LogP contribution >= 0.6 is 0 Å². The summed E-state index contributed by atoms with van der Waals surface area (Å²) in [7, 11) is 0. The summed E-state index contributed by atoms with van der Waals surface area (Å²) in [6.45, 7) is 10.1. The zero-order chi connectivity index (χ0) is 13.8. The Hall–Kier alpha value is -0.820. The topological polar surface area (TPSA) is 12.0 Å². The maximum Gasteiger partial charge on any atom is 0.0210 e. The zero-order valence-corrected chi connectivity index (χ0v) is 13.1. The van der Waals surface area contributed by atoms with E-state index in [1.165, 1.54) is 54.4 Å². The van der Waals surface area contributed by atoms with Crippen molar-refractivity contribution in [2.24, 2.45) is 5.92 Å². The fraction of sp³-hybridized carbons (Fsp3) is 0.667. The Morgan fingerprint density at radius 1 is 0.947 bits per heavy atom. The zero-order valence-electron chi connectivity index (χ0n) is 13.1. The van der Waals surface area contributed by atoms with Crippen molar-refractivity contribution < 1.29 is 0 Å². The molecule has 2 atom stereocenters. The average Bonchev–Trinajstić information content (AvgIpc) is 2.57. The highest BCUT2D eigenvalue weighted by atomic mass is 14.9. The predicted molar refractivity (Wildman–Crippen MR) is 83.5 cm³/mol. The number of benzene rings is 1. The fourth-order valence-electron chi connectivity index (χ4n) is 3.16. The molecule has 0 aliphatic heterocycles. The van der Waals surface area contributed by atoms with E-state index in [4.69, 9.17) is 0 Å². The second-order valence-corrected chi connectivity index (χ2v) is 6.55. The van der Waals surface area contributed by atoms with E-state index >= 15 is 0 Å². The van der Waals surface area contributed by atoms with E-state index in [2.05, 4.69) is 45.1 Å². The predicted octanol–water partition coefficient (Wildman–Crippen LogP) is 4.67. The minimum Gasteiger partial charge on any atom is -0.310 e. The monoisotopic (exact) mass is 259 g/mol. The third kappa shape index (κ3) is 4.07. The molecule has 1 saturated carbocycles. The molecule has 1 aromatic rings. The smallest absolute Gasteiger partial charge is 0.0210 e. The van der Waals surface area contributed by atoms with Crippen LogP contribution in [0, 0.1) is 26.7 Å². The highest BCUT2D eigenvalue weighted by Crippen LogP contribution is 2.23. The highest BCUT2D eigenvalue weighted by Gasteiger charge is 2.15. The summed E-state index contributed by atoms with van der Waals surface area (Å²) in [6, 6.07) is 5.41. The summed E-state index contributed by atoms with van der Waals surface area (Å²) < 4.78 is 0. The summed E-state index contributed by atoms with van der Waals surface area (Å²) in [6.07, 6.45) is 6.91. The molecule has 1 heteroatoms. The minimum absolute atomic E-state index is 0.728. The summed E-state index contributed by atoms with van der Waals surface area (Å²) in [5, 5.41) is 3.79. The maximum absolute atomic E-state index is 3.79. The molecule has 1 nitrogen and oxygen atoms in total. The summed E-state index contributed by atoms with van der Waals surface area (Å²) in [5.74, 6) is 0.926. The van der Waals surface area contributed by atoms with Crippen molar-refractivity contribution in [3.05, 3.63) is 34.4 Å². The van der Waals surface area contributed by atoms with Gasteiger partial charge in [-0.3, -0.25) is 0 Å². The average molecular weight is 259 g/mol. The van der Waals surface area contributed by atoms with E-state index in [1.807, 2.05) is 0 Å². The van der Waals surface area contributed by atoms with Crippen LogP contribution in [0.15, 0.2) is 12.1 Å². The van der Waals surface area contributed by atoms with E-state index in [0.29, 0.717) is 0 Å². The summed E-state index contributed by atoms with van der Waals surface area (Å²) in [4.78, 5) is 0. The van der Waals surface area contributed by atoms with Gasteiger partial charge in [0.2, 0.25) is 0 Å². The molecular weight excluding hydrogens is 230 g/mol. The normalized spacial score (nSPS) is 24.2. The van der Waals surface area contributed by atoms with Crippen molar-refractivity contribution in [3.8, 4) is 0 Å². The van der Waals surface area contributed by atoms with Crippen LogP contribution in [0.1, 0.15) is 61.3 Å². The molecule has 1 fully saturated rings. The second-order valence-electron chi connectivity index (χ2n) is 6.55.